The second-order valence-electron chi connectivity index (χ2n) is 6.87. The number of hydrogen-bond acceptors (Lipinski definition) is 3. The molecule has 0 bridgehead atoms. The Bertz CT molecular complexity index is 398. The molecule has 0 radical (unpaired) electrons. The first kappa shape index (κ1) is 21.5. The lowest BCUT2D eigenvalue weighted by Crippen LogP contribution is -2.45. The summed E-state index contributed by atoms with van der Waals surface area (Å²) in [6.07, 6.45) is 9.60. The van der Waals surface area contributed by atoms with Crippen molar-refractivity contribution in [2.45, 2.75) is 57.4 Å². The molecule has 1 atom stereocenters. The van der Waals surface area contributed by atoms with E-state index in [0.717, 1.165) is 51.4 Å². The Morgan fingerprint density at radius 1 is 1.21 bits per heavy atom. The van der Waals surface area contributed by atoms with Gasteiger partial charge in [0.2, 0.25) is 5.91 Å². The van der Waals surface area contributed by atoms with Crippen LogP contribution in [0.25, 0.3) is 0 Å². The highest BCUT2D eigenvalue weighted by Gasteiger charge is 2.23. The molecule has 1 saturated heterocycles. The van der Waals surface area contributed by atoms with Crippen LogP contribution in [-0.2, 0) is 4.79 Å². The zero-order valence-corrected chi connectivity index (χ0v) is 17.3. The molecular formula is C17H34IN5O. The molecule has 1 aliphatic heterocycles. The van der Waals surface area contributed by atoms with Crippen molar-refractivity contribution in [3.8, 4) is 0 Å². The van der Waals surface area contributed by atoms with Gasteiger partial charge in [-0.15, -0.1) is 24.0 Å². The zero-order valence-electron chi connectivity index (χ0n) is 14.9. The van der Waals surface area contributed by atoms with Gasteiger partial charge in [0.1, 0.15) is 0 Å². The number of nitrogens with two attached hydrogens (primary N) is 1. The molecule has 0 aromatic carbocycles. The summed E-state index contributed by atoms with van der Waals surface area (Å²) < 4.78 is 0. The Morgan fingerprint density at radius 2 is 1.96 bits per heavy atom. The quantitative estimate of drug-likeness (QED) is 0.249. The number of likely N-dealkylation sites (tertiary alicyclic amines) is 1. The van der Waals surface area contributed by atoms with Crippen LogP contribution in [0.4, 0.5) is 0 Å². The predicted molar refractivity (Wildman–Crippen MR) is 110 cm³/mol. The van der Waals surface area contributed by atoms with Gasteiger partial charge in [-0.25, -0.2) is 0 Å². The van der Waals surface area contributed by atoms with E-state index in [9.17, 15) is 4.79 Å². The summed E-state index contributed by atoms with van der Waals surface area (Å²) in [6, 6.07) is 0.577. The van der Waals surface area contributed by atoms with Crippen LogP contribution >= 0.6 is 24.0 Å². The Labute approximate surface area is 163 Å². The van der Waals surface area contributed by atoms with Gasteiger partial charge >= 0.3 is 0 Å². The van der Waals surface area contributed by atoms with Crippen molar-refractivity contribution in [2.75, 3.05) is 33.2 Å². The van der Waals surface area contributed by atoms with Gasteiger partial charge in [0.05, 0.1) is 5.92 Å². The third-order valence-corrected chi connectivity index (χ3v) is 5.02. The second kappa shape index (κ2) is 11.9. The maximum Gasteiger partial charge on any atom is 0.221 e. The highest BCUT2D eigenvalue weighted by Crippen LogP contribution is 2.17. The minimum Gasteiger partial charge on any atom is -0.369 e. The van der Waals surface area contributed by atoms with E-state index in [1.165, 1.54) is 32.1 Å². The first-order valence-electron chi connectivity index (χ1n) is 9.18. The van der Waals surface area contributed by atoms with Crippen molar-refractivity contribution < 1.29 is 4.79 Å². The number of nitrogens with one attached hydrogen (secondary N) is 2. The number of nitrogens with zero attached hydrogens (tertiary/aromatic N) is 2. The lowest BCUT2D eigenvalue weighted by atomic mass is 9.96. The molecule has 0 aromatic rings. The molecule has 24 heavy (non-hydrogen) atoms. The van der Waals surface area contributed by atoms with Crippen LogP contribution in [0.3, 0.4) is 0 Å². The lowest BCUT2D eigenvalue weighted by Gasteiger charge is -2.31. The number of hydrogen-bond donors (Lipinski definition) is 3. The lowest BCUT2D eigenvalue weighted by molar-refractivity contribution is -0.123. The fourth-order valence-electron chi connectivity index (χ4n) is 3.64. The van der Waals surface area contributed by atoms with Gasteiger partial charge in [-0.2, -0.15) is 0 Å². The molecule has 1 heterocycles. The minimum absolute atomic E-state index is 0. The average molecular weight is 451 g/mol. The van der Waals surface area contributed by atoms with Crippen molar-refractivity contribution in [1.29, 1.82) is 0 Å². The van der Waals surface area contributed by atoms with Crippen molar-refractivity contribution in [1.82, 2.24) is 15.5 Å². The maximum atomic E-state index is 11.3. The summed E-state index contributed by atoms with van der Waals surface area (Å²) in [7, 11) is 1.83. The maximum absolute atomic E-state index is 11.3. The van der Waals surface area contributed by atoms with Crippen molar-refractivity contribution >= 4 is 35.8 Å². The first-order valence-corrected chi connectivity index (χ1v) is 9.18. The SMILES string of the molecule is CN=C(NCCCN1CCCC(C(N)=O)C1)NC1CCCCC1.I. The molecule has 0 spiro atoms. The largest absolute Gasteiger partial charge is 0.369 e. The number of guanidine groups is 1. The summed E-state index contributed by atoms with van der Waals surface area (Å²) in [4.78, 5) is 18.0. The van der Waals surface area contributed by atoms with Gasteiger partial charge < -0.3 is 21.3 Å². The molecule has 1 unspecified atom stereocenters. The minimum atomic E-state index is -0.148. The molecule has 2 rings (SSSR count). The van der Waals surface area contributed by atoms with Crippen LogP contribution in [-0.4, -0.2) is 56.0 Å². The highest BCUT2D eigenvalue weighted by molar-refractivity contribution is 14.0. The monoisotopic (exact) mass is 451 g/mol. The summed E-state index contributed by atoms with van der Waals surface area (Å²) in [5.74, 6) is 0.813. The smallest absolute Gasteiger partial charge is 0.221 e. The van der Waals surface area contributed by atoms with Gasteiger partial charge in [0, 0.05) is 26.2 Å². The highest BCUT2D eigenvalue weighted by atomic mass is 127. The molecule has 2 fully saturated rings. The number of aliphatic imine (C=N–C) groups is 1. The standard InChI is InChI=1S/C17H33N5O.HI/c1-19-17(21-15-8-3-2-4-9-15)20-10-6-12-22-11-5-7-14(13-22)16(18)23;/h14-15H,2-13H2,1H3,(H2,18,23)(H2,19,20,21);1H. The number of carbonyl (C=O) groups is 1. The van der Waals surface area contributed by atoms with Gasteiger partial charge in [-0.1, -0.05) is 19.3 Å². The number of carbonyl (C=O) groups excluding carboxylic acids is 1. The van der Waals surface area contributed by atoms with E-state index in [-0.39, 0.29) is 35.8 Å². The van der Waals surface area contributed by atoms with Crippen LogP contribution in [0.1, 0.15) is 51.4 Å². The molecule has 6 nitrogen and oxygen atoms in total. The van der Waals surface area contributed by atoms with Gasteiger partial charge in [0.15, 0.2) is 5.96 Å². The molecule has 0 aromatic heterocycles. The van der Waals surface area contributed by atoms with Crippen LogP contribution in [0.5, 0.6) is 0 Å². The van der Waals surface area contributed by atoms with E-state index in [2.05, 4.69) is 20.5 Å². The van der Waals surface area contributed by atoms with E-state index in [4.69, 9.17) is 5.73 Å². The molecule has 1 saturated carbocycles. The third kappa shape index (κ3) is 7.55. The van der Waals surface area contributed by atoms with Gasteiger partial charge in [-0.05, 0) is 45.2 Å². The number of piperidine rings is 1. The summed E-state index contributed by atoms with van der Waals surface area (Å²) in [5, 5.41) is 6.94. The van der Waals surface area contributed by atoms with Gasteiger partial charge in [0.25, 0.3) is 0 Å². The normalized spacial score (nSPS) is 23.4. The second-order valence-corrected chi connectivity index (χ2v) is 6.87. The van der Waals surface area contributed by atoms with Crippen molar-refractivity contribution in [2.24, 2.45) is 16.6 Å². The summed E-state index contributed by atoms with van der Waals surface area (Å²) >= 11 is 0. The van der Waals surface area contributed by atoms with Gasteiger partial charge in [-0.3, -0.25) is 9.79 Å². The average Bonchev–Trinajstić information content (AvgIpc) is 2.58. The molecule has 1 aliphatic carbocycles. The van der Waals surface area contributed by atoms with E-state index in [0.29, 0.717) is 6.04 Å². The fraction of sp³-hybridized carbons (Fsp3) is 0.882. The number of rotatable bonds is 6. The molecular weight excluding hydrogens is 417 g/mol. The van der Waals surface area contributed by atoms with E-state index < -0.39 is 0 Å². The summed E-state index contributed by atoms with van der Waals surface area (Å²) in [6.45, 7) is 3.82. The Balaban J connectivity index is 0.00000288. The van der Waals surface area contributed by atoms with Crippen LogP contribution < -0.4 is 16.4 Å². The molecule has 7 heteroatoms. The van der Waals surface area contributed by atoms with E-state index in [1.54, 1.807) is 0 Å². The van der Waals surface area contributed by atoms with Crippen LogP contribution in [0.2, 0.25) is 0 Å². The van der Waals surface area contributed by atoms with Crippen molar-refractivity contribution in [3.05, 3.63) is 0 Å². The number of halogens is 1. The summed E-state index contributed by atoms with van der Waals surface area (Å²) in [5.41, 5.74) is 5.43. The zero-order chi connectivity index (χ0) is 16.5. The molecule has 140 valence electrons. The van der Waals surface area contributed by atoms with Crippen LogP contribution in [0, 0.1) is 5.92 Å². The topological polar surface area (TPSA) is 82.8 Å². The molecule has 4 N–H and O–H groups in total. The third-order valence-electron chi connectivity index (χ3n) is 5.02. The van der Waals surface area contributed by atoms with Crippen molar-refractivity contribution in [3.63, 3.8) is 0 Å². The first-order chi connectivity index (χ1) is 11.2. The Hall–Kier alpha value is -0.570. The van der Waals surface area contributed by atoms with E-state index >= 15 is 0 Å². The Kier molecular flexibility index (Phi) is 10.6. The molecule has 1 amide bonds. The van der Waals surface area contributed by atoms with Crippen LogP contribution in [0.15, 0.2) is 4.99 Å². The Morgan fingerprint density at radius 3 is 2.62 bits per heavy atom. The number of primary amides is 1. The van der Waals surface area contributed by atoms with E-state index in [1.807, 2.05) is 7.05 Å². The molecule has 2 aliphatic rings. The number of amides is 1. The predicted octanol–water partition coefficient (Wildman–Crippen LogP) is 1.69. The fourth-order valence-corrected chi connectivity index (χ4v) is 3.64.